The Kier molecular flexibility index (Phi) is 5.73. The zero-order chi connectivity index (χ0) is 12.7. The molecule has 1 rings (SSSR count). The van der Waals surface area contributed by atoms with Crippen molar-refractivity contribution in [3.63, 3.8) is 0 Å². The summed E-state index contributed by atoms with van der Waals surface area (Å²) in [4.78, 5) is 19.1. The Bertz CT molecular complexity index is 319. The molecule has 1 amide bonds. The van der Waals surface area contributed by atoms with Crippen molar-refractivity contribution in [2.75, 3.05) is 0 Å². The third-order valence-electron chi connectivity index (χ3n) is 2.80. The molecule has 1 aromatic heterocycles. The van der Waals surface area contributed by atoms with Crippen LogP contribution in [0.5, 0.6) is 0 Å². The van der Waals surface area contributed by atoms with Crippen LogP contribution in [-0.2, 0) is 4.79 Å². The molecule has 17 heavy (non-hydrogen) atoms. The van der Waals surface area contributed by atoms with E-state index in [2.05, 4.69) is 36.1 Å². The number of aromatic nitrogens is 2. The molecule has 2 N–H and O–H groups in total. The molecule has 0 aromatic carbocycles. The number of carbonyl (C=O) groups is 1. The van der Waals surface area contributed by atoms with Crippen molar-refractivity contribution < 1.29 is 4.79 Å². The van der Waals surface area contributed by atoms with Crippen molar-refractivity contribution in [3.8, 4) is 0 Å². The molecule has 0 bridgehead atoms. The first-order valence-electron chi connectivity index (χ1n) is 6.43. The van der Waals surface area contributed by atoms with Crippen molar-refractivity contribution >= 4 is 5.91 Å². The average molecular weight is 237 g/mol. The summed E-state index contributed by atoms with van der Waals surface area (Å²) >= 11 is 0. The number of H-pyrrole nitrogens is 1. The predicted molar refractivity (Wildman–Crippen MR) is 68.5 cm³/mol. The monoisotopic (exact) mass is 237 g/mol. The van der Waals surface area contributed by atoms with Gasteiger partial charge in [0.15, 0.2) is 0 Å². The van der Waals surface area contributed by atoms with Crippen LogP contribution in [-0.4, -0.2) is 15.9 Å². The van der Waals surface area contributed by atoms with Gasteiger partial charge >= 0.3 is 0 Å². The van der Waals surface area contributed by atoms with E-state index in [9.17, 15) is 4.79 Å². The zero-order valence-corrected chi connectivity index (χ0v) is 11.0. The van der Waals surface area contributed by atoms with Gasteiger partial charge in [-0.1, -0.05) is 33.6 Å². The number of aromatic amines is 1. The van der Waals surface area contributed by atoms with Crippen molar-refractivity contribution in [1.82, 2.24) is 15.3 Å². The van der Waals surface area contributed by atoms with E-state index < -0.39 is 0 Å². The van der Waals surface area contributed by atoms with Crippen molar-refractivity contribution in [3.05, 3.63) is 18.2 Å². The first kappa shape index (κ1) is 13.7. The van der Waals surface area contributed by atoms with E-state index in [1.807, 2.05) is 0 Å². The van der Waals surface area contributed by atoms with Crippen LogP contribution in [0.1, 0.15) is 58.3 Å². The van der Waals surface area contributed by atoms with Gasteiger partial charge in [-0.3, -0.25) is 4.79 Å². The molecule has 4 heteroatoms. The number of rotatable bonds is 7. The first-order valence-corrected chi connectivity index (χ1v) is 6.43. The molecule has 0 fully saturated rings. The van der Waals surface area contributed by atoms with Crippen molar-refractivity contribution in [1.29, 1.82) is 0 Å². The molecule has 96 valence electrons. The molecule has 0 radical (unpaired) electrons. The average Bonchev–Trinajstić information content (AvgIpc) is 2.79. The molecule has 0 aliphatic rings. The van der Waals surface area contributed by atoms with Crippen LogP contribution in [0.25, 0.3) is 0 Å². The Morgan fingerprint density at radius 3 is 2.76 bits per heavy atom. The van der Waals surface area contributed by atoms with Gasteiger partial charge in [-0.2, -0.15) is 0 Å². The molecule has 0 spiro atoms. The number of carbonyl (C=O) groups excluding carboxylic acids is 1. The standard InChI is InChI=1S/C13H23N3O/c1-4-5-6-7-11(17)16-12(10(2)3)13-14-8-9-15-13/h8-10,12H,4-7H2,1-3H3,(H,14,15)(H,16,17). The van der Waals surface area contributed by atoms with E-state index in [1.165, 1.54) is 0 Å². The molecule has 0 saturated carbocycles. The molecule has 4 nitrogen and oxygen atoms in total. The lowest BCUT2D eigenvalue weighted by Gasteiger charge is -2.20. The van der Waals surface area contributed by atoms with E-state index in [-0.39, 0.29) is 11.9 Å². The molecule has 0 aliphatic carbocycles. The highest BCUT2D eigenvalue weighted by Gasteiger charge is 2.19. The van der Waals surface area contributed by atoms with Gasteiger partial charge in [0.25, 0.3) is 0 Å². The Morgan fingerprint density at radius 2 is 2.24 bits per heavy atom. The van der Waals surface area contributed by atoms with Gasteiger partial charge in [0.05, 0.1) is 6.04 Å². The summed E-state index contributed by atoms with van der Waals surface area (Å²) in [5.74, 6) is 1.29. The van der Waals surface area contributed by atoms with Gasteiger partial charge < -0.3 is 10.3 Å². The van der Waals surface area contributed by atoms with Crippen LogP contribution in [0.2, 0.25) is 0 Å². The van der Waals surface area contributed by atoms with Crippen LogP contribution in [0.15, 0.2) is 12.4 Å². The van der Waals surface area contributed by atoms with Gasteiger partial charge in [0.1, 0.15) is 5.82 Å². The summed E-state index contributed by atoms with van der Waals surface area (Å²) in [5, 5.41) is 3.05. The summed E-state index contributed by atoms with van der Waals surface area (Å²) in [5.41, 5.74) is 0. The maximum absolute atomic E-state index is 11.8. The van der Waals surface area contributed by atoms with Gasteiger partial charge in [0.2, 0.25) is 5.91 Å². The summed E-state index contributed by atoms with van der Waals surface area (Å²) in [7, 11) is 0. The highest BCUT2D eigenvalue weighted by atomic mass is 16.1. The minimum atomic E-state index is -0.0147. The second-order valence-corrected chi connectivity index (χ2v) is 4.72. The SMILES string of the molecule is CCCCCC(=O)NC(c1ncc[nH]1)C(C)C. The second kappa shape index (κ2) is 7.09. The largest absolute Gasteiger partial charge is 0.347 e. The Labute approximate surface area is 103 Å². The molecular weight excluding hydrogens is 214 g/mol. The third kappa shape index (κ3) is 4.59. The smallest absolute Gasteiger partial charge is 0.220 e. The topological polar surface area (TPSA) is 57.8 Å². The zero-order valence-electron chi connectivity index (χ0n) is 11.0. The van der Waals surface area contributed by atoms with E-state index in [0.29, 0.717) is 12.3 Å². The molecule has 1 heterocycles. The van der Waals surface area contributed by atoms with E-state index >= 15 is 0 Å². The molecule has 1 aromatic rings. The van der Waals surface area contributed by atoms with E-state index in [4.69, 9.17) is 0 Å². The fraction of sp³-hybridized carbons (Fsp3) is 0.692. The molecule has 0 saturated heterocycles. The van der Waals surface area contributed by atoms with E-state index in [0.717, 1.165) is 25.1 Å². The fourth-order valence-electron chi connectivity index (χ4n) is 1.78. The normalized spacial score (nSPS) is 12.7. The number of hydrogen-bond donors (Lipinski definition) is 2. The summed E-state index contributed by atoms with van der Waals surface area (Å²) in [6.45, 7) is 6.30. The summed E-state index contributed by atoms with van der Waals surface area (Å²) < 4.78 is 0. The molecular formula is C13H23N3O. The quantitative estimate of drug-likeness (QED) is 0.716. The summed E-state index contributed by atoms with van der Waals surface area (Å²) in [6.07, 6.45) is 7.32. The predicted octanol–water partition coefficient (Wildman–Crippen LogP) is 2.80. The third-order valence-corrected chi connectivity index (χ3v) is 2.80. The van der Waals surface area contributed by atoms with Crippen molar-refractivity contribution in [2.24, 2.45) is 5.92 Å². The lowest BCUT2D eigenvalue weighted by atomic mass is 10.0. The number of hydrogen-bond acceptors (Lipinski definition) is 2. The minimum Gasteiger partial charge on any atom is -0.347 e. The number of unbranched alkanes of at least 4 members (excludes halogenated alkanes) is 2. The lowest BCUT2D eigenvalue weighted by molar-refractivity contribution is -0.122. The Hall–Kier alpha value is -1.32. The lowest BCUT2D eigenvalue weighted by Crippen LogP contribution is -2.32. The molecule has 0 aliphatic heterocycles. The van der Waals surface area contributed by atoms with Gasteiger partial charge in [-0.25, -0.2) is 4.98 Å². The molecule has 1 unspecified atom stereocenters. The van der Waals surface area contributed by atoms with Gasteiger partial charge in [0, 0.05) is 18.8 Å². The van der Waals surface area contributed by atoms with Crippen LogP contribution >= 0.6 is 0 Å². The number of nitrogens with one attached hydrogen (secondary N) is 2. The van der Waals surface area contributed by atoms with Crippen molar-refractivity contribution in [2.45, 2.75) is 52.5 Å². The summed E-state index contributed by atoms with van der Waals surface area (Å²) in [6, 6.07) is -0.0147. The van der Waals surface area contributed by atoms with Gasteiger partial charge in [-0.15, -0.1) is 0 Å². The van der Waals surface area contributed by atoms with Gasteiger partial charge in [-0.05, 0) is 12.3 Å². The maximum Gasteiger partial charge on any atom is 0.220 e. The maximum atomic E-state index is 11.8. The number of nitrogens with zero attached hydrogens (tertiary/aromatic N) is 1. The number of imidazole rings is 1. The first-order chi connectivity index (χ1) is 8.15. The van der Waals surface area contributed by atoms with E-state index in [1.54, 1.807) is 12.4 Å². The highest BCUT2D eigenvalue weighted by molar-refractivity contribution is 5.76. The van der Waals surface area contributed by atoms with Crippen LogP contribution < -0.4 is 5.32 Å². The van der Waals surface area contributed by atoms with Crippen LogP contribution in [0.3, 0.4) is 0 Å². The molecule has 1 atom stereocenters. The Morgan fingerprint density at radius 1 is 1.47 bits per heavy atom. The minimum absolute atomic E-state index is 0.0147. The highest BCUT2D eigenvalue weighted by Crippen LogP contribution is 2.18. The van der Waals surface area contributed by atoms with Crippen LogP contribution in [0, 0.1) is 5.92 Å². The Balaban J connectivity index is 2.48. The second-order valence-electron chi connectivity index (χ2n) is 4.72. The number of amides is 1. The van der Waals surface area contributed by atoms with Crippen LogP contribution in [0.4, 0.5) is 0 Å². The fourth-order valence-corrected chi connectivity index (χ4v) is 1.78.